The van der Waals surface area contributed by atoms with Gasteiger partial charge < -0.3 is 9.64 Å². The lowest BCUT2D eigenvalue weighted by Gasteiger charge is -2.26. The van der Waals surface area contributed by atoms with E-state index in [-0.39, 0.29) is 5.91 Å². The Morgan fingerprint density at radius 2 is 2.12 bits per heavy atom. The van der Waals surface area contributed by atoms with Gasteiger partial charge in [-0.3, -0.25) is 4.79 Å². The summed E-state index contributed by atoms with van der Waals surface area (Å²) in [5.74, 6) is 0.141. The van der Waals surface area contributed by atoms with Crippen LogP contribution in [0, 0.1) is 0 Å². The summed E-state index contributed by atoms with van der Waals surface area (Å²) in [6.07, 6.45) is 1.39. The van der Waals surface area contributed by atoms with Crippen molar-refractivity contribution in [1.29, 1.82) is 0 Å². The van der Waals surface area contributed by atoms with Gasteiger partial charge in [-0.05, 0) is 24.1 Å². The van der Waals surface area contributed by atoms with Gasteiger partial charge in [0.05, 0.1) is 13.0 Å². The van der Waals surface area contributed by atoms with Gasteiger partial charge in [-0.2, -0.15) is 0 Å². The normalized spacial score (nSPS) is 16.2. The first-order chi connectivity index (χ1) is 7.75. The van der Waals surface area contributed by atoms with Gasteiger partial charge in [0, 0.05) is 11.0 Å². The highest BCUT2D eigenvalue weighted by atomic mass is 79.9. The third-order valence-electron chi connectivity index (χ3n) is 2.59. The van der Waals surface area contributed by atoms with Gasteiger partial charge in [0.1, 0.15) is 6.73 Å². The second kappa shape index (κ2) is 5.46. The van der Waals surface area contributed by atoms with E-state index in [0.717, 1.165) is 29.6 Å². The first-order valence-corrected chi connectivity index (χ1v) is 6.15. The van der Waals surface area contributed by atoms with Crippen LogP contribution in [0.5, 0.6) is 0 Å². The maximum absolute atomic E-state index is 11.9. The first-order valence-electron chi connectivity index (χ1n) is 5.35. The summed E-state index contributed by atoms with van der Waals surface area (Å²) in [4.78, 5) is 13.7. The first kappa shape index (κ1) is 11.6. The SMILES string of the molecule is O=C(Cc1ccc(Br)cc1)N1CCCOC1. The van der Waals surface area contributed by atoms with Gasteiger partial charge in [-0.1, -0.05) is 28.1 Å². The number of ether oxygens (including phenoxy) is 1. The molecule has 3 nitrogen and oxygen atoms in total. The van der Waals surface area contributed by atoms with Crippen LogP contribution in [0.3, 0.4) is 0 Å². The van der Waals surface area contributed by atoms with E-state index in [1.807, 2.05) is 24.3 Å². The Hall–Kier alpha value is -0.870. The molecule has 0 N–H and O–H groups in total. The zero-order valence-corrected chi connectivity index (χ0v) is 10.6. The van der Waals surface area contributed by atoms with E-state index in [2.05, 4.69) is 15.9 Å². The summed E-state index contributed by atoms with van der Waals surface area (Å²) < 4.78 is 6.29. The molecule has 1 aliphatic rings. The second-order valence-electron chi connectivity index (χ2n) is 3.85. The minimum atomic E-state index is 0.141. The molecule has 1 aromatic rings. The highest BCUT2D eigenvalue weighted by Gasteiger charge is 2.16. The number of carbonyl (C=O) groups is 1. The summed E-state index contributed by atoms with van der Waals surface area (Å²) in [6.45, 7) is 2.02. The van der Waals surface area contributed by atoms with E-state index >= 15 is 0 Å². The summed E-state index contributed by atoms with van der Waals surface area (Å²) in [6, 6.07) is 7.84. The van der Waals surface area contributed by atoms with Crippen molar-refractivity contribution < 1.29 is 9.53 Å². The summed E-state index contributed by atoms with van der Waals surface area (Å²) in [5.41, 5.74) is 1.04. The van der Waals surface area contributed by atoms with Gasteiger partial charge >= 0.3 is 0 Å². The highest BCUT2D eigenvalue weighted by Crippen LogP contribution is 2.12. The maximum Gasteiger partial charge on any atom is 0.228 e. The van der Waals surface area contributed by atoms with Gasteiger partial charge in [-0.25, -0.2) is 0 Å². The van der Waals surface area contributed by atoms with E-state index in [9.17, 15) is 4.79 Å². The minimum Gasteiger partial charge on any atom is -0.361 e. The largest absolute Gasteiger partial charge is 0.361 e. The molecule has 1 amide bonds. The Labute approximate surface area is 104 Å². The van der Waals surface area contributed by atoms with Crippen molar-refractivity contribution in [3.05, 3.63) is 34.3 Å². The Kier molecular flexibility index (Phi) is 3.96. The zero-order chi connectivity index (χ0) is 11.4. The lowest BCUT2D eigenvalue weighted by Crippen LogP contribution is -2.39. The third-order valence-corrected chi connectivity index (χ3v) is 3.11. The van der Waals surface area contributed by atoms with Crippen molar-refractivity contribution in [2.45, 2.75) is 12.8 Å². The molecule has 0 aliphatic carbocycles. The van der Waals surface area contributed by atoms with E-state index in [4.69, 9.17) is 4.74 Å². The van der Waals surface area contributed by atoms with Crippen LogP contribution in [0.4, 0.5) is 0 Å². The molecule has 16 heavy (non-hydrogen) atoms. The van der Waals surface area contributed by atoms with E-state index in [1.165, 1.54) is 0 Å². The number of hydrogen-bond donors (Lipinski definition) is 0. The van der Waals surface area contributed by atoms with Crippen LogP contribution in [0.1, 0.15) is 12.0 Å². The maximum atomic E-state index is 11.9. The van der Waals surface area contributed by atoms with Gasteiger partial charge in [0.15, 0.2) is 0 Å². The Bertz CT molecular complexity index is 358. The highest BCUT2D eigenvalue weighted by molar-refractivity contribution is 9.10. The van der Waals surface area contributed by atoms with E-state index in [0.29, 0.717) is 13.2 Å². The summed E-state index contributed by atoms with van der Waals surface area (Å²) in [5, 5.41) is 0. The molecule has 1 saturated heterocycles. The van der Waals surface area contributed by atoms with Crippen molar-refractivity contribution in [3.8, 4) is 0 Å². The molecule has 0 aromatic heterocycles. The molecule has 1 aromatic carbocycles. The van der Waals surface area contributed by atoms with Crippen LogP contribution in [0.25, 0.3) is 0 Å². The molecule has 1 heterocycles. The summed E-state index contributed by atoms with van der Waals surface area (Å²) in [7, 11) is 0. The number of hydrogen-bond acceptors (Lipinski definition) is 2. The smallest absolute Gasteiger partial charge is 0.228 e. The predicted molar refractivity (Wildman–Crippen MR) is 65.0 cm³/mol. The van der Waals surface area contributed by atoms with Crippen LogP contribution in [-0.4, -0.2) is 30.7 Å². The Morgan fingerprint density at radius 3 is 2.75 bits per heavy atom. The van der Waals surface area contributed by atoms with Crippen molar-refractivity contribution in [1.82, 2.24) is 4.90 Å². The summed E-state index contributed by atoms with van der Waals surface area (Å²) >= 11 is 3.37. The molecule has 0 unspecified atom stereocenters. The number of rotatable bonds is 2. The Morgan fingerprint density at radius 1 is 1.38 bits per heavy atom. The molecule has 1 fully saturated rings. The van der Waals surface area contributed by atoms with Gasteiger partial charge in [0.25, 0.3) is 0 Å². The van der Waals surface area contributed by atoms with Gasteiger partial charge in [-0.15, -0.1) is 0 Å². The van der Waals surface area contributed by atoms with Crippen LogP contribution in [0.15, 0.2) is 28.7 Å². The van der Waals surface area contributed by atoms with Crippen molar-refractivity contribution in [3.63, 3.8) is 0 Å². The van der Waals surface area contributed by atoms with Crippen LogP contribution >= 0.6 is 15.9 Å². The fourth-order valence-electron chi connectivity index (χ4n) is 1.68. The number of carbonyl (C=O) groups excluding carboxylic acids is 1. The fourth-order valence-corrected chi connectivity index (χ4v) is 1.95. The zero-order valence-electron chi connectivity index (χ0n) is 8.99. The lowest BCUT2D eigenvalue weighted by atomic mass is 10.1. The molecular weight excluding hydrogens is 270 g/mol. The quantitative estimate of drug-likeness (QED) is 0.833. The molecule has 0 bridgehead atoms. The van der Waals surface area contributed by atoms with E-state index in [1.54, 1.807) is 4.90 Å². The monoisotopic (exact) mass is 283 g/mol. The van der Waals surface area contributed by atoms with Crippen molar-refractivity contribution in [2.24, 2.45) is 0 Å². The molecule has 0 saturated carbocycles. The Balaban J connectivity index is 1.93. The molecule has 0 radical (unpaired) electrons. The number of halogens is 1. The number of benzene rings is 1. The topological polar surface area (TPSA) is 29.5 Å². The fraction of sp³-hybridized carbons (Fsp3) is 0.417. The average Bonchev–Trinajstić information content (AvgIpc) is 2.33. The molecule has 1 aliphatic heterocycles. The van der Waals surface area contributed by atoms with Gasteiger partial charge in [0.2, 0.25) is 5.91 Å². The number of nitrogens with zero attached hydrogens (tertiary/aromatic N) is 1. The molecular formula is C12H14BrNO2. The van der Waals surface area contributed by atoms with Crippen LogP contribution in [-0.2, 0) is 16.0 Å². The van der Waals surface area contributed by atoms with Crippen LogP contribution < -0.4 is 0 Å². The van der Waals surface area contributed by atoms with Crippen molar-refractivity contribution >= 4 is 21.8 Å². The molecule has 86 valence electrons. The average molecular weight is 284 g/mol. The lowest BCUT2D eigenvalue weighted by molar-refractivity contribution is -0.139. The standard InChI is InChI=1S/C12H14BrNO2/c13-11-4-2-10(3-5-11)8-12(15)14-6-1-7-16-9-14/h2-5H,1,6-9H2. The molecule has 0 spiro atoms. The van der Waals surface area contributed by atoms with Crippen LogP contribution in [0.2, 0.25) is 0 Å². The minimum absolute atomic E-state index is 0.141. The van der Waals surface area contributed by atoms with E-state index < -0.39 is 0 Å². The predicted octanol–water partition coefficient (Wildman–Crippen LogP) is 2.20. The second-order valence-corrected chi connectivity index (χ2v) is 4.77. The molecule has 2 rings (SSSR count). The molecule has 4 heteroatoms. The number of amides is 1. The van der Waals surface area contributed by atoms with Crippen molar-refractivity contribution in [2.75, 3.05) is 19.9 Å². The third kappa shape index (κ3) is 3.06. The molecule has 0 atom stereocenters.